The zero-order valence-corrected chi connectivity index (χ0v) is 12.3. The number of carboxylic acid groups (broad SMARTS) is 1. The van der Waals surface area contributed by atoms with Gasteiger partial charge < -0.3 is 9.84 Å². The Morgan fingerprint density at radius 2 is 2.10 bits per heavy atom. The molecule has 0 atom stereocenters. The normalized spacial score (nSPS) is 10.2. The third kappa shape index (κ3) is 3.34. The molecule has 108 valence electrons. The molecule has 7 nitrogen and oxygen atoms in total. The molecule has 0 unspecified atom stereocenters. The molecule has 1 aromatic heterocycles. The maximum absolute atomic E-state index is 10.9. The van der Waals surface area contributed by atoms with Gasteiger partial charge in [0.2, 0.25) is 5.88 Å². The predicted molar refractivity (Wildman–Crippen MR) is 76.8 cm³/mol. The van der Waals surface area contributed by atoms with Gasteiger partial charge in [0.15, 0.2) is 0 Å². The Labute approximate surface area is 127 Å². The van der Waals surface area contributed by atoms with E-state index in [-0.39, 0.29) is 28.6 Å². The lowest BCUT2D eigenvalue weighted by atomic mass is 10.2. The van der Waals surface area contributed by atoms with Crippen LogP contribution in [-0.2, 0) is 0 Å². The topological polar surface area (TPSA) is 103 Å². The second kappa shape index (κ2) is 5.88. The first-order valence-corrected chi connectivity index (χ1v) is 6.50. The Kier molecular flexibility index (Phi) is 4.18. The second-order valence-electron chi connectivity index (χ2n) is 4.06. The van der Waals surface area contributed by atoms with Crippen LogP contribution >= 0.6 is 15.9 Å². The average molecular weight is 353 g/mol. The molecule has 21 heavy (non-hydrogen) atoms. The Bertz CT molecular complexity index is 732. The van der Waals surface area contributed by atoms with Gasteiger partial charge in [-0.2, -0.15) is 0 Å². The van der Waals surface area contributed by atoms with Crippen molar-refractivity contribution >= 4 is 27.6 Å². The summed E-state index contributed by atoms with van der Waals surface area (Å²) in [5, 5.41) is 19.7. The van der Waals surface area contributed by atoms with Crippen molar-refractivity contribution in [1.29, 1.82) is 0 Å². The smallest absolute Gasteiger partial charge is 0.335 e. The number of aryl methyl sites for hydroxylation is 1. The van der Waals surface area contributed by atoms with Crippen LogP contribution in [0.3, 0.4) is 0 Å². The van der Waals surface area contributed by atoms with E-state index in [0.717, 1.165) is 0 Å². The highest BCUT2D eigenvalue weighted by Crippen LogP contribution is 2.31. The molecule has 1 aromatic carbocycles. The molecule has 0 fully saturated rings. The number of ether oxygens (including phenoxy) is 1. The molecule has 2 rings (SSSR count). The quantitative estimate of drug-likeness (QED) is 0.666. The minimum absolute atomic E-state index is 0.0619. The molecule has 0 saturated heterocycles. The van der Waals surface area contributed by atoms with Crippen LogP contribution in [0, 0.1) is 17.0 Å². The van der Waals surface area contributed by atoms with Crippen molar-refractivity contribution in [3.63, 3.8) is 0 Å². The molecule has 0 bridgehead atoms. The number of benzene rings is 1. The number of aromatic carboxylic acids is 1. The Hall–Kier alpha value is -2.48. The SMILES string of the molecule is Cc1nc(Oc2cc(C(=O)O)ccc2Br)ccc1[N+](=O)[O-]. The third-order valence-electron chi connectivity index (χ3n) is 2.62. The number of nitrogens with zero attached hydrogens (tertiary/aromatic N) is 2. The molecule has 0 amide bonds. The lowest BCUT2D eigenvalue weighted by molar-refractivity contribution is -0.385. The number of pyridine rings is 1. The van der Waals surface area contributed by atoms with Gasteiger partial charge in [0.25, 0.3) is 5.69 Å². The van der Waals surface area contributed by atoms with Gasteiger partial charge in [0.1, 0.15) is 11.4 Å². The molecule has 1 heterocycles. The Morgan fingerprint density at radius 3 is 2.67 bits per heavy atom. The standard InChI is InChI=1S/C13H9BrN2O5/c1-7-10(16(19)20)4-5-12(15-7)21-11-6-8(13(17)18)2-3-9(11)14/h2-6H,1H3,(H,17,18). The zero-order valence-electron chi connectivity index (χ0n) is 10.7. The van der Waals surface area contributed by atoms with Gasteiger partial charge in [-0.25, -0.2) is 9.78 Å². The highest BCUT2D eigenvalue weighted by Gasteiger charge is 2.14. The lowest BCUT2D eigenvalue weighted by Gasteiger charge is -2.08. The molecule has 0 aliphatic carbocycles. The van der Waals surface area contributed by atoms with Crippen LogP contribution in [0.1, 0.15) is 16.1 Å². The van der Waals surface area contributed by atoms with Gasteiger partial charge >= 0.3 is 5.97 Å². The van der Waals surface area contributed by atoms with Gasteiger partial charge in [-0.1, -0.05) is 0 Å². The van der Waals surface area contributed by atoms with Crippen LogP contribution in [0.5, 0.6) is 11.6 Å². The fourth-order valence-corrected chi connectivity index (χ4v) is 1.94. The van der Waals surface area contributed by atoms with Crippen molar-refractivity contribution in [3.05, 3.63) is 56.2 Å². The van der Waals surface area contributed by atoms with Crippen LogP contribution in [0.25, 0.3) is 0 Å². The minimum atomic E-state index is -1.08. The largest absolute Gasteiger partial charge is 0.478 e. The molecular formula is C13H9BrN2O5. The number of hydrogen-bond donors (Lipinski definition) is 1. The van der Waals surface area contributed by atoms with E-state index in [2.05, 4.69) is 20.9 Å². The van der Waals surface area contributed by atoms with Crippen molar-refractivity contribution in [2.24, 2.45) is 0 Å². The summed E-state index contributed by atoms with van der Waals surface area (Å²) < 4.78 is 6.02. The number of carbonyl (C=O) groups is 1. The molecule has 2 aromatic rings. The Balaban J connectivity index is 2.34. The minimum Gasteiger partial charge on any atom is -0.478 e. The number of nitro groups is 1. The van der Waals surface area contributed by atoms with Crippen LogP contribution in [0.15, 0.2) is 34.8 Å². The summed E-state index contributed by atoms with van der Waals surface area (Å²) >= 11 is 3.24. The summed E-state index contributed by atoms with van der Waals surface area (Å²) in [4.78, 5) is 25.1. The molecule has 0 saturated carbocycles. The summed E-state index contributed by atoms with van der Waals surface area (Å²) in [6, 6.07) is 6.94. The average Bonchev–Trinajstić information content (AvgIpc) is 2.40. The van der Waals surface area contributed by atoms with Crippen LogP contribution in [-0.4, -0.2) is 21.0 Å². The van der Waals surface area contributed by atoms with Crippen molar-refractivity contribution in [3.8, 4) is 11.6 Å². The molecule has 0 spiro atoms. The monoisotopic (exact) mass is 352 g/mol. The molecule has 0 radical (unpaired) electrons. The zero-order chi connectivity index (χ0) is 15.6. The molecule has 0 aliphatic heterocycles. The fraction of sp³-hybridized carbons (Fsp3) is 0.0769. The van der Waals surface area contributed by atoms with Crippen LogP contribution in [0.4, 0.5) is 5.69 Å². The fourth-order valence-electron chi connectivity index (χ4n) is 1.61. The number of halogens is 1. The predicted octanol–water partition coefficient (Wildman–Crippen LogP) is 3.55. The van der Waals surface area contributed by atoms with E-state index in [9.17, 15) is 14.9 Å². The molecule has 1 N–H and O–H groups in total. The van der Waals surface area contributed by atoms with Gasteiger partial charge in [-0.15, -0.1) is 0 Å². The van der Waals surface area contributed by atoms with Gasteiger partial charge in [0.05, 0.1) is 15.0 Å². The molecule has 0 aliphatic rings. The van der Waals surface area contributed by atoms with Crippen molar-refractivity contribution in [2.75, 3.05) is 0 Å². The highest BCUT2D eigenvalue weighted by atomic mass is 79.9. The van der Waals surface area contributed by atoms with Crippen molar-refractivity contribution in [2.45, 2.75) is 6.92 Å². The van der Waals surface area contributed by atoms with E-state index >= 15 is 0 Å². The van der Waals surface area contributed by atoms with E-state index < -0.39 is 10.9 Å². The van der Waals surface area contributed by atoms with Gasteiger partial charge in [0, 0.05) is 12.1 Å². The summed E-state index contributed by atoms with van der Waals surface area (Å²) in [5.74, 6) is -0.683. The maximum atomic E-state index is 10.9. The lowest BCUT2D eigenvalue weighted by Crippen LogP contribution is -1.99. The number of rotatable bonds is 4. The number of carboxylic acids is 1. The van der Waals surface area contributed by atoms with Crippen LogP contribution in [0.2, 0.25) is 0 Å². The molecular weight excluding hydrogens is 344 g/mol. The van der Waals surface area contributed by atoms with Crippen LogP contribution < -0.4 is 4.74 Å². The summed E-state index contributed by atoms with van der Waals surface area (Å²) in [6.07, 6.45) is 0. The first-order chi connectivity index (χ1) is 9.88. The first-order valence-electron chi connectivity index (χ1n) is 5.71. The second-order valence-corrected chi connectivity index (χ2v) is 4.92. The van der Waals surface area contributed by atoms with E-state index in [1.807, 2.05) is 0 Å². The van der Waals surface area contributed by atoms with E-state index in [1.54, 1.807) is 0 Å². The summed E-state index contributed by atoms with van der Waals surface area (Å²) in [7, 11) is 0. The van der Waals surface area contributed by atoms with Crippen molar-refractivity contribution < 1.29 is 19.6 Å². The summed E-state index contributed by atoms with van der Waals surface area (Å²) in [6.45, 7) is 1.49. The highest BCUT2D eigenvalue weighted by molar-refractivity contribution is 9.10. The maximum Gasteiger partial charge on any atom is 0.335 e. The number of hydrogen-bond acceptors (Lipinski definition) is 5. The Morgan fingerprint density at radius 1 is 1.38 bits per heavy atom. The first kappa shape index (κ1) is 14.9. The third-order valence-corrected chi connectivity index (χ3v) is 3.28. The van der Waals surface area contributed by atoms with E-state index in [1.165, 1.54) is 37.3 Å². The van der Waals surface area contributed by atoms with E-state index in [4.69, 9.17) is 9.84 Å². The van der Waals surface area contributed by atoms with Crippen molar-refractivity contribution in [1.82, 2.24) is 4.98 Å². The van der Waals surface area contributed by atoms with Gasteiger partial charge in [-0.3, -0.25) is 10.1 Å². The summed E-state index contributed by atoms with van der Waals surface area (Å²) in [5.41, 5.74) is 0.163. The number of aromatic nitrogens is 1. The molecule has 8 heteroatoms. The van der Waals surface area contributed by atoms with Gasteiger partial charge in [-0.05, 0) is 41.1 Å². The van der Waals surface area contributed by atoms with E-state index in [0.29, 0.717) is 4.47 Å².